The molecule has 0 saturated carbocycles. The van der Waals surface area contributed by atoms with Crippen LogP contribution in [-0.4, -0.2) is 17.3 Å². The highest BCUT2D eigenvalue weighted by Gasteiger charge is 2.33. The number of rotatable bonds is 13. The summed E-state index contributed by atoms with van der Waals surface area (Å²) in [5, 5.41) is 0. The van der Waals surface area contributed by atoms with Crippen molar-refractivity contribution in [1.29, 1.82) is 0 Å². The van der Waals surface area contributed by atoms with Crippen LogP contribution >= 0.6 is 0 Å². The van der Waals surface area contributed by atoms with Gasteiger partial charge in [0.25, 0.3) is 0 Å². The smallest absolute Gasteiger partial charge is 0.163 e. The van der Waals surface area contributed by atoms with Crippen LogP contribution in [0.4, 0.5) is 0 Å². The van der Waals surface area contributed by atoms with Crippen molar-refractivity contribution in [3.05, 3.63) is 82.5 Å². The van der Waals surface area contributed by atoms with Crippen LogP contribution in [0.5, 0.6) is 0 Å². The van der Waals surface area contributed by atoms with Gasteiger partial charge in [-0.25, -0.2) is 0 Å². The summed E-state index contributed by atoms with van der Waals surface area (Å²) in [6.07, 6.45) is 25.5. The van der Waals surface area contributed by atoms with Crippen molar-refractivity contribution in [3.8, 4) is 0 Å². The van der Waals surface area contributed by atoms with E-state index in [2.05, 4.69) is 75.4 Å². The molecule has 0 saturated heterocycles. The minimum absolute atomic E-state index is 0.0369. The number of hydrogen-bond donors (Lipinski definition) is 0. The highest BCUT2D eigenvalue weighted by Crippen LogP contribution is 2.37. The summed E-state index contributed by atoms with van der Waals surface area (Å²) in [6, 6.07) is 4.43. The number of carbonyl (C=O) groups is 3. The Morgan fingerprint density at radius 2 is 1.77 bits per heavy atom. The molecule has 2 aliphatic carbocycles. The van der Waals surface area contributed by atoms with Crippen LogP contribution in [-0.2, 0) is 22.4 Å². The fraction of sp³-hybridized carbons (Fsp3) is 0.528. The van der Waals surface area contributed by atoms with E-state index in [0.29, 0.717) is 6.42 Å². The van der Waals surface area contributed by atoms with Crippen LogP contribution in [0.1, 0.15) is 112 Å². The minimum Gasteiger partial charge on any atom is -0.300 e. The molecule has 3 rings (SSSR count). The monoisotopic (exact) mass is 528 g/mol. The normalized spacial score (nSPS) is 18.8. The third kappa shape index (κ3) is 9.12. The number of benzene rings is 1. The fourth-order valence-electron chi connectivity index (χ4n) is 6.61. The highest BCUT2D eigenvalue weighted by molar-refractivity contribution is 6.00. The van der Waals surface area contributed by atoms with Gasteiger partial charge in [-0.3, -0.25) is 14.4 Å². The summed E-state index contributed by atoms with van der Waals surface area (Å²) in [4.78, 5) is 37.9. The number of allylic oxidation sites excluding steroid dienone is 8. The number of fused-ring (bicyclic) bond motifs is 1. The van der Waals surface area contributed by atoms with Gasteiger partial charge in [-0.2, -0.15) is 0 Å². The number of Topliss-reactive ketones (excluding diaryl/α,β-unsaturated/α-hetero) is 3. The SMILES string of the molecule is CCCC(CC1CC(=O)c2c(ccc(CCCC3=CC=CCC=CC=CC3)c2C)C1)C(CC)C(=O)CC(C)=O. The predicted molar refractivity (Wildman–Crippen MR) is 162 cm³/mol. The van der Waals surface area contributed by atoms with Gasteiger partial charge in [0.1, 0.15) is 11.6 Å². The maximum atomic E-state index is 13.4. The fourth-order valence-corrected chi connectivity index (χ4v) is 6.61. The van der Waals surface area contributed by atoms with Gasteiger partial charge >= 0.3 is 0 Å². The summed E-state index contributed by atoms with van der Waals surface area (Å²) < 4.78 is 0. The van der Waals surface area contributed by atoms with Gasteiger partial charge in [0.2, 0.25) is 0 Å². The minimum atomic E-state index is -0.0846. The van der Waals surface area contributed by atoms with Crippen molar-refractivity contribution in [3.63, 3.8) is 0 Å². The van der Waals surface area contributed by atoms with Crippen LogP contribution in [0.3, 0.4) is 0 Å². The summed E-state index contributed by atoms with van der Waals surface area (Å²) in [7, 11) is 0. The quantitative estimate of drug-likeness (QED) is 0.240. The molecule has 39 heavy (non-hydrogen) atoms. The Labute approximate surface area is 236 Å². The molecule has 0 spiro atoms. The van der Waals surface area contributed by atoms with Crippen LogP contribution in [0.2, 0.25) is 0 Å². The Bertz CT molecular complexity index is 1130. The number of aryl methyl sites for hydroxylation is 1. The van der Waals surface area contributed by atoms with Gasteiger partial charge in [-0.05, 0) is 93.7 Å². The van der Waals surface area contributed by atoms with Gasteiger partial charge in [0.15, 0.2) is 5.78 Å². The molecule has 0 aliphatic heterocycles. The van der Waals surface area contributed by atoms with Gasteiger partial charge < -0.3 is 0 Å². The van der Waals surface area contributed by atoms with E-state index < -0.39 is 0 Å². The molecule has 1 aromatic carbocycles. The molecule has 3 atom stereocenters. The van der Waals surface area contributed by atoms with E-state index in [1.807, 2.05) is 0 Å². The lowest BCUT2D eigenvalue weighted by molar-refractivity contribution is -0.129. The van der Waals surface area contributed by atoms with Crippen LogP contribution in [0.15, 0.2) is 60.2 Å². The van der Waals surface area contributed by atoms with E-state index in [-0.39, 0.29) is 41.5 Å². The third-order valence-corrected chi connectivity index (χ3v) is 8.51. The lowest BCUT2D eigenvalue weighted by atomic mass is 9.72. The molecule has 210 valence electrons. The predicted octanol–water partition coefficient (Wildman–Crippen LogP) is 8.83. The average Bonchev–Trinajstić information content (AvgIpc) is 2.89. The van der Waals surface area contributed by atoms with E-state index in [9.17, 15) is 14.4 Å². The van der Waals surface area contributed by atoms with Crippen molar-refractivity contribution in [1.82, 2.24) is 0 Å². The molecule has 0 radical (unpaired) electrons. The Kier molecular flexibility index (Phi) is 12.4. The largest absolute Gasteiger partial charge is 0.300 e. The lowest BCUT2D eigenvalue weighted by Crippen LogP contribution is -2.30. The maximum absolute atomic E-state index is 13.4. The first-order valence-corrected chi connectivity index (χ1v) is 15.2. The van der Waals surface area contributed by atoms with Gasteiger partial charge in [-0.1, -0.05) is 86.9 Å². The first kappa shape index (κ1) is 30.7. The maximum Gasteiger partial charge on any atom is 0.163 e. The van der Waals surface area contributed by atoms with Gasteiger partial charge in [0, 0.05) is 17.9 Å². The van der Waals surface area contributed by atoms with Crippen molar-refractivity contribution in [2.24, 2.45) is 17.8 Å². The molecule has 0 bridgehead atoms. The molecule has 2 aliphatic rings. The Balaban J connectivity index is 1.66. The second-order valence-electron chi connectivity index (χ2n) is 11.6. The molecule has 0 heterocycles. The zero-order valence-electron chi connectivity index (χ0n) is 24.6. The molecular formula is C36H48O3. The zero-order valence-corrected chi connectivity index (χ0v) is 24.6. The van der Waals surface area contributed by atoms with Crippen molar-refractivity contribution in [2.75, 3.05) is 0 Å². The Hall–Kier alpha value is -2.81. The van der Waals surface area contributed by atoms with Crippen molar-refractivity contribution >= 4 is 17.3 Å². The molecule has 0 N–H and O–H groups in total. The number of hydrogen-bond acceptors (Lipinski definition) is 3. The van der Waals surface area contributed by atoms with Gasteiger partial charge in [-0.15, -0.1) is 0 Å². The first-order chi connectivity index (χ1) is 18.8. The number of carbonyl (C=O) groups excluding carboxylic acids is 3. The van der Waals surface area contributed by atoms with E-state index in [4.69, 9.17) is 0 Å². The Morgan fingerprint density at radius 3 is 2.51 bits per heavy atom. The van der Waals surface area contributed by atoms with E-state index in [1.165, 1.54) is 23.6 Å². The summed E-state index contributed by atoms with van der Waals surface area (Å²) in [6.45, 7) is 7.83. The molecule has 3 nitrogen and oxygen atoms in total. The van der Waals surface area contributed by atoms with Crippen molar-refractivity contribution in [2.45, 2.75) is 105 Å². The molecule has 3 heteroatoms. The van der Waals surface area contributed by atoms with E-state index >= 15 is 0 Å². The molecular weight excluding hydrogens is 480 g/mol. The summed E-state index contributed by atoms with van der Waals surface area (Å²) in [5.41, 5.74) is 6.02. The van der Waals surface area contributed by atoms with E-state index in [1.54, 1.807) is 0 Å². The summed E-state index contributed by atoms with van der Waals surface area (Å²) >= 11 is 0. The average molecular weight is 529 g/mol. The second-order valence-corrected chi connectivity index (χ2v) is 11.6. The van der Waals surface area contributed by atoms with Crippen LogP contribution < -0.4 is 0 Å². The topological polar surface area (TPSA) is 51.2 Å². The van der Waals surface area contributed by atoms with Crippen molar-refractivity contribution < 1.29 is 14.4 Å². The molecule has 0 fully saturated rings. The summed E-state index contributed by atoms with van der Waals surface area (Å²) in [5.74, 6) is 0.706. The first-order valence-electron chi connectivity index (χ1n) is 15.2. The zero-order chi connectivity index (χ0) is 28.2. The molecule has 0 amide bonds. The lowest BCUT2D eigenvalue weighted by Gasteiger charge is -2.32. The molecule has 3 unspecified atom stereocenters. The standard InChI is InChI=1S/C36H48O3/c1-5-15-31(33(6-2)34(38)22-26(3)37)23-29-24-32-21-20-30(27(4)36(32)35(39)25-29)19-14-18-28-16-12-10-8-7-9-11-13-17-28/h7-8,10-13,17,20-21,29,31,33H,5-6,9,14-16,18-19,22-25H2,1-4H3. The molecule has 1 aromatic rings. The van der Waals surface area contributed by atoms with E-state index in [0.717, 1.165) is 75.3 Å². The third-order valence-electron chi connectivity index (χ3n) is 8.51. The highest BCUT2D eigenvalue weighted by atomic mass is 16.1. The Morgan fingerprint density at radius 1 is 1.00 bits per heavy atom. The van der Waals surface area contributed by atoms with Gasteiger partial charge in [0.05, 0.1) is 6.42 Å². The molecule has 0 aromatic heterocycles. The van der Waals surface area contributed by atoms with Crippen LogP contribution in [0, 0.1) is 24.7 Å². The van der Waals surface area contributed by atoms with Crippen LogP contribution in [0.25, 0.3) is 0 Å². The number of ketones is 3. The second kappa shape index (κ2) is 15.7.